The maximum atomic E-state index is 12.8. The summed E-state index contributed by atoms with van der Waals surface area (Å²) in [5, 5.41) is 3.33. The maximum Gasteiger partial charge on any atom is 0.258 e. The van der Waals surface area contributed by atoms with Gasteiger partial charge in [0.2, 0.25) is 0 Å². The van der Waals surface area contributed by atoms with Crippen LogP contribution < -0.4 is 25.2 Å². The summed E-state index contributed by atoms with van der Waals surface area (Å²) in [4.78, 5) is 19.7. The second kappa shape index (κ2) is 7.28. The summed E-state index contributed by atoms with van der Waals surface area (Å²) in [6.07, 6.45) is 1.84. The van der Waals surface area contributed by atoms with E-state index >= 15 is 0 Å². The number of piperazine rings is 1. The Hall–Kier alpha value is -3.06. The molecule has 7 nitrogen and oxygen atoms in total. The van der Waals surface area contributed by atoms with Gasteiger partial charge in [0.1, 0.15) is 5.75 Å². The van der Waals surface area contributed by atoms with Gasteiger partial charge in [-0.1, -0.05) is 0 Å². The quantitative estimate of drug-likeness (QED) is 0.759. The third-order valence-electron chi connectivity index (χ3n) is 4.80. The van der Waals surface area contributed by atoms with Gasteiger partial charge in [-0.3, -0.25) is 9.20 Å². The molecule has 140 valence electrons. The third-order valence-corrected chi connectivity index (χ3v) is 4.80. The van der Waals surface area contributed by atoms with Crippen LogP contribution in [0.3, 0.4) is 0 Å². The number of nitrogens with zero attached hydrogens (tertiary/aromatic N) is 3. The van der Waals surface area contributed by atoms with E-state index in [0.29, 0.717) is 17.1 Å². The van der Waals surface area contributed by atoms with E-state index in [1.54, 1.807) is 24.7 Å². The van der Waals surface area contributed by atoms with Crippen LogP contribution in [0.5, 0.6) is 11.5 Å². The topological polar surface area (TPSA) is 68.1 Å². The summed E-state index contributed by atoms with van der Waals surface area (Å²) >= 11 is 0. The van der Waals surface area contributed by atoms with Crippen molar-refractivity contribution in [2.24, 2.45) is 0 Å². The number of rotatable bonds is 4. The van der Waals surface area contributed by atoms with Gasteiger partial charge < -0.3 is 19.7 Å². The smallest absolute Gasteiger partial charge is 0.258 e. The molecule has 27 heavy (non-hydrogen) atoms. The SMILES string of the molecule is COc1ccc(-c2cc(=O)n3cc(N4CCNCC4)cc(OC)c3n2)cc1. The van der Waals surface area contributed by atoms with E-state index < -0.39 is 0 Å². The molecule has 4 rings (SSSR count). The predicted octanol–water partition coefficient (Wildman–Crippen LogP) is 1.79. The minimum atomic E-state index is -0.138. The zero-order valence-corrected chi connectivity index (χ0v) is 15.4. The Labute approximate surface area is 157 Å². The molecule has 2 aromatic heterocycles. The van der Waals surface area contributed by atoms with E-state index in [9.17, 15) is 4.79 Å². The summed E-state index contributed by atoms with van der Waals surface area (Å²) in [6, 6.07) is 11.0. The number of nitrogens with one attached hydrogen (secondary N) is 1. The van der Waals surface area contributed by atoms with Crippen molar-refractivity contribution in [1.29, 1.82) is 0 Å². The number of pyridine rings is 1. The van der Waals surface area contributed by atoms with Gasteiger partial charge in [0.25, 0.3) is 5.56 Å². The van der Waals surface area contributed by atoms with Crippen LogP contribution in [0.25, 0.3) is 16.9 Å². The fraction of sp³-hybridized carbons (Fsp3) is 0.300. The minimum absolute atomic E-state index is 0.138. The van der Waals surface area contributed by atoms with Crippen molar-refractivity contribution < 1.29 is 9.47 Å². The van der Waals surface area contributed by atoms with Crippen LogP contribution in [0.4, 0.5) is 5.69 Å². The number of ether oxygens (including phenoxy) is 2. The summed E-state index contributed by atoms with van der Waals surface area (Å²) in [7, 11) is 3.22. The van der Waals surface area contributed by atoms with E-state index in [4.69, 9.17) is 9.47 Å². The molecule has 0 spiro atoms. The number of anilines is 1. The van der Waals surface area contributed by atoms with Crippen molar-refractivity contribution in [3.8, 4) is 22.8 Å². The Balaban J connectivity index is 1.82. The molecule has 3 heterocycles. The molecule has 1 saturated heterocycles. The first-order valence-electron chi connectivity index (χ1n) is 8.91. The molecule has 0 saturated carbocycles. The van der Waals surface area contributed by atoms with E-state index in [1.807, 2.05) is 36.5 Å². The van der Waals surface area contributed by atoms with Crippen molar-refractivity contribution in [3.63, 3.8) is 0 Å². The zero-order valence-electron chi connectivity index (χ0n) is 15.4. The Morgan fingerprint density at radius 2 is 1.78 bits per heavy atom. The van der Waals surface area contributed by atoms with E-state index in [-0.39, 0.29) is 5.56 Å². The van der Waals surface area contributed by atoms with E-state index in [2.05, 4.69) is 15.2 Å². The number of hydrogen-bond acceptors (Lipinski definition) is 6. The van der Waals surface area contributed by atoms with Crippen LogP contribution in [0, 0.1) is 0 Å². The number of aromatic nitrogens is 2. The van der Waals surface area contributed by atoms with Crippen molar-refractivity contribution in [1.82, 2.24) is 14.7 Å². The van der Waals surface area contributed by atoms with Gasteiger partial charge in [0, 0.05) is 50.1 Å². The molecule has 0 unspecified atom stereocenters. The van der Waals surface area contributed by atoms with E-state index in [1.165, 1.54) is 0 Å². The van der Waals surface area contributed by atoms with Crippen molar-refractivity contribution >= 4 is 11.3 Å². The normalized spacial score (nSPS) is 14.4. The van der Waals surface area contributed by atoms with Gasteiger partial charge in [-0.25, -0.2) is 4.98 Å². The molecule has 1 fully saturated rings. The highest BCUT2D eigenvalue weighted by Gasteiger charge is 2.16. The monoisotopic (exact) mass is 366 g/mol. The number of methoxy groups -OCH3 is 2. The molecule has 1 N–H and O–H groups in total. The summed E-state index contributed by atoms with van der Waals surface area (Å²) in [5.74, 6) is 1.34. The maximum absolute atomic E-state index is 12.8. The van der Waals surface area contributed by atoms with Gasteiger partial charge in [0.15, 0.2) is 11.4 Å². The molecular weight excluding hydrogens is 344 g/mol. The molecule has 1 aromatic carbocycles. The highest BCUT2D eigenvalue weighted by Crippen LogP contribution is 2.27. The van der Waals surface area contributed by atoms with E-state index in [0.717, 1.165) is 43.2 Å². The van der Waals surface area contributed by atoms with Crippen LogP contribution in [0.1, 0.15) is 0 Å². The molecule has 0 amide bonds. The van der Waals surface area contributed by atoms with Gasteiger partial charge in [-0.15, -0.1) is 0 Å². The first kappa shape index (κ1) is 17.4. The lowest BCUT2D eigenvalue weighted by Gasteiger charge is -2.29. The Morgan fingerprint density at radius 1 is 1.04 bits per heavy atom. The second-order valence-electron chi connectivity index (χ2n) is 6.41. The fourth-order valence-electron chi connectivity index (χ4n) is 3.31. The Morgan fingerprint density at radius 3 is 2.44 bits per heavy atom. The number of hydrogen-bond donors (Lipinski definition) is 1. The molecule has 7 heteroatoms. The van der Waals surface area contributed by atoms with Crippen LogP contribution in [0.15, 0.2) is 47.4 Å². The average Bonchev–Trinajstić information content (AvgIpc) is 2.73. The predicted molar refractivity (Wildman–Crippen MR) is 105 cm³/mol. The average molecular weight is 366 g/mol. The first-order valence-corrected chi connectivity index (χ1v) is 8.91. The summed E-state index contributed by atoms with van der Waals surface area (Å²) in [5.41, 5.74) is 2.79. The van der Waals surface area contributed by atoms with Crippen molar-refractivity contribution in [2.75, 3.05) is 45.3 Å². The fourth-order valence-corrected chi connectivity index (χ4v) is 3.31. The lowest BCUT2D eigenvalue weighted by Crippen LogP contribution is -2.43. The standard InChI is InChI=1S/C20H22N4O3/c1-26-16-5-3-14(4-6-16)17-12-19(25)24-13-15(23-9-7-21-8-10-23)11-18(27-2)20(24)22-17/h3-6,11-13,21H,7-10H2,1-2H3. The highest BCUT2D eigenvalue weighted by molar-refractivity contribution is 5.67. The van der Waals surface area contributed by atoms with Gasteiger partial charge >= 0.3 is 0 Å². The van der Waals surface area contributed by atoms with Crippen LogP contribution in [0.2, 0.25) is 0 Å². The van der Waals surface area contributed by atoms with Gasteiger partial charge in [-0.2, -0.15) is 0 Å². The lowest BCUT2D eigenvalue weighted by molar-refractivity contribution is 0.415. The number of fused-ring (bicyclic) bond motifs is 1. The molecular formula is C20H22N4O3. The summed E-state index contributed by atoms with van der Waals surface area (Å²) in [6.45, 7) is 3.62. The van der Waals surface area contributed by atoms with Crippen molar-refractivity contribution in [3.05, 3.63) is 52.9 Å². The van der Waals surface area contributed by atoms with Crippen LogP contribution in [-0.4, -0.2) is 49.8 Å². The lowest BCUT2D eigenvalue weighted by atomic mass is 10.1. The van der Waals surface area contributed by atoms with Gasteiger partial charge in [-0.05, 0) is 24.3 Å². The zero-order chi connectivity index (χ0) is 18.8. The largest absolute Gasteiger partial charge is 0.497 e. The molecule has 0 bridgehead atoms. The van der Waals surface area contributed by atoms with Crippen LogP contribution >= 0.6 is 0 Å². The van der Waals surface area contributed by atoms with Crippen LogP contribution in [-0.2, 0) is 0 Å². The van der Waals surface area contributed by atoms with Crippen molar-refractivity contribution in [2.45, 2.75) is 0 Å². The molecule has 3 aromatic rings. The molecule has 0 atom stereocenters. The number of benzene rings is 1. The summed E-state index contributed by atoms with van der Waals surface area (Å²) < 4.78 is 12.3. The Kier molecular flexibility index (Phi) is 4.68. The second-order valence-corrected chi connectivity index (χ2v) is 6.41. The third kappa shape index (κ3) is 3.33. The first-order chi connectivity index (χ1) is 13.2. The molecule has 1 aliphatic heterocycles. The minimum Gasteiger partial charge on any atom is -0.497 e. The Bertz CT molecular complexity index is 1010. The molecule has 0 radical (unpaired) electrons. The highest BCUT2D eigenvalue weighted by atomic mass is 16.5. The molecule has 1 aliphatic rings. The molecule has 0 aliphatic carbocycles. The van der Waals surface area contributed by atoms with Gasteiger partial charge in [0.05, 0.1) is 25.6 Å².